The average molecular weight is 530 g/mol. The minimum Gasteiger partial charge on any atom is -0.545 e. The van der Waals surface area contributed by atoms with Gasteiger partial charge in [-0.05, 0) is 30.9 Å². The van der Waals surface area contributed by atoms with E-state index in [0.29, 0.717) is 37.9 Å². The maximum Gasteiger partial charge on any atom is 0.341 e. The van der Waals surface area contributed by atoms with Gasteiger partial charge in [-0.25, -0.2) is 0 Å². The highest BCUT2D eigenvalue weighted by Gasteiger charge is 2.28. The fourth-order valence-electron chi connectivity index (χ4n) is 3.75. The highest BCUT2D eigenvalue weighted by atomic mass is 28.2. The summed E-state index contributed by atoms with van der Waals surface area (Å²) < 4.78 is 27.4. The number of hydrogen-bond acceptors (Lipinski definition) is 5. The molecule has 0 heterocycles. The zero-order valence-electron chi connectivity index (χ0n) is 19.1. The van der Waals surface area contributed by atoms with Gasteiger partial charge in [0, 0.05) is 0 Å². The average Bonchev–Trinajstić information content (AvgIpc) is 2.81. The van der Waals surface area contributed by atoms with Gasteiger partial charge >= 0.3 is 52.4 Å². The number of rotatable bonds is 17. The van der Waals surface area contributed by atoms with E-state index in [2.05, 4.69) is 59.4 Å². The Kier molecular flexibility index (Phi) is 15.4. The van der Waals surface area contributed by atoms with Crippen molar-refractivity contribution in [3.8, 4) is 17.2 Å². The van der Waals surface area contributed by atoms with E-state index in [-0.39, 0.29) is 0 Å². The molecule has 11 heteroatoms. The maximum atomic E-state index is 5.59. The summed E-state index contributed by atoms with van der Waals surface area (Å²) in [5.74, 6) is 1.80. The molecule has 0 aliphatic rings. The molecule has 0 fully saturated rings. The van der Waals surface area contributed by atoms with Crippen LogP contribution in [0.2, 0.25) is 6.55 Å². The highest BCUT2D eigenvalue weighted by Crippen LogP contribution is 2.48. The first-order valence-electron chi connectivity index (χ1n) is 10.9. The smallest absolute Gasteiger partial charge is 0.341 e. The van der Waals surface area contributed by atoms with Crippen molar-refractivity contribution in [3.63, 3.8) is 0 Å². The van der Waals surface area contributed by atoms with Gasteiger partial charge in [0.1, 0.15) is 15.3 Å². The second kappa shape index (κ2) is 16.8. The maximum absolute atomic E-state index is 5.59. The van der Waals surface area contributed by atoms with Crippen LogP contribution in [0.15, 0.2) is 5.38 Å². The molecular formula is C21H29O5Si6. The Hall–Kier alpha value is -0.739. The minimum absolute atomic E-state index is 0.336. The van der Waals surface area contributed by atoms with Gasteiger partial charge < -0.3 is 22.1 Å². The van der Waals surface area contributed by atoms with Crippen molar-refractivity contribution < 1.29 is 22.1 Å². The Morgan fingerprint density at radius 1 is 0.719 bits per heavy atom. The van der Waals surface area contributed by atoms with Crippen molar-refractivity contribution in [2.75, 3.05) is 0 Å². The largest absolute Gasteiger partial charge is 0.545 e. The van der Waals surface area contributed by atoms with Crippen LogP contribution in [-0.2, 0) is 15.3 Å². The van der Waals surface area contributed by atoms with Gasteiger partial charge in [-0.15, -0.1) is 0 Å². The van der Waals surface area contributed by atoms with Crippen LogP contribution in [0.1, 0.15) is 81.4 Å². The van der Waals surface area contributed by atoms with Gasteiger partial charge in [0.05, 0.1) is 10.9 Å². The molecule has 0 bridgehead atoms. The van der Waals surface area contributed by atoms with Crippen LogP contribution in [-0.4, -0.2) is 61.9 Å². The van der Waals surface area contributed by atoms with E-state index in [1.54, 1.807) is 0 Å². The van der Waals surface area contributed by atoms with Crippen LogP contribution in [0.25, 0.3) is 5.76 Å². The summed E-state index contributed by atoms with van der Waals surface area (Å²) in [6.45, 7) is 6.24. The Morgan fingerprint density at radius 3 is 1.69 bits per heavy atom. The molecule has 1 aromatic carbocycles. The van der Waals surface area contributed by atoms with Crippen molar-refractivity contribution in [2.24, 2.45) is 0 Å². The third kappa shape index (κ3) is 7.94. The lowest BCUT2D eigenvalue weighted by molar-refractivity contribution is 0.464. The Balaban J connectivity index is 3.22. The molecule has 5 nitrogen and oxygen atoms in total. The molecule has 0 saturated heterocycles. The number of benzene rings is 1. The molecule has 0 spiro atoms. The molecule has 0 aromatic heterocycles. The summed E-state index contributed by atoms with van der Waals surface area (Å²) in [5, 5.41) is 0.626. The SMILES string of the molecule is CCCCCCCCCCCc1c(C)c(O[Si])c(O[Si])c(O[Si])c1C(O[Si])=C(O[Si])[Si]C. The zero-order valence-corrected chi connectivity index (χ0v) is 25.1. The molecule has 0 saturated carbocycles. The predicted octanol–water partition coefficient (Wildman–Crippen LogP) is 4.03. The van der Waals surface area contributed by atoms with Crippen molar-refractivity contribution >= 4 is 67.7 Å². The third-order valence-electron chi connectivity index (χ3n) is 5.44. The molecular weight excluding hydrogens is 501 g/mol. The lowest BCUT2D eigenvalue weighted by Gasteiger charge is -2.25. The third-order valence-corrected chi connectivity index (χ3v) is 7.44. The summed E-state index contributed by atoms with van der Waals surface area (Å²) in [6.07, 6.45) is 12.2. The monoisotopic (exact) mass is 529 g/mol. The van der Waals surface area contributed by atoms with E-state index in [9.17, 15) is 0 Å². The summed E-state index contributed by atoms with van der Waals surface area (Å²) in [4.78, 5) is 0. The molecule has 32 heavy (non-hydrogen) atoms. The van der Waals surface area contributed by atoms with Crippen LogP contribution < -0.4 is 13.3 Å². The van der Waals surface area contributed by atoms with E-state index in [1.165, 1.54) is 44.9 Å². The second-order valence-corrected chi connectivity index (χ2v) is 9.44. The number of hydrogen-bond donors (Lipinski definition) is 0. The molecule has 167 valence electrons. The minimum atomic E-state index is 0.336. The molecule has 0 amide bonds. The lowest BCUT2D eigenvalue weighted by atomic mass is 9.93. The zero-order chi connectivity index (χ0) is 23.9. The summed E-state index contributed by atoms with van der Waals surface area (Å²) in [7, 11) is 16.1. The standard InChI is InChI=1S/C21H29O5Si6/c1-4-5-6-7-8-9-10-11-12-13-15-14(2)17(22-27)20(25-30)18(23-28)16(15)19(24-29)21(26-31)32-3/h4-13H2,1-3H3. The molecule has 1 aromatic rings. The van der Waals surface area contributed by atoms with Crippen LogP contribution in [0.4, 0.5) is 0 Å². The van der Waals surface area contributed by atoms with Gasteiger partial charge in [-0.3, -0.25) is 0 Å². The summed E-state index contributed by atoms with van der Waals surface area (Å²) in [5.41, 5.74) is 2.69. The first-order valence-corrected chi connectivity index (χ1v) is 14.4. The van der Waals surface area contributed by atoms with Crippen LogP contribution in [0.3, 0.4) is 0 Å². The topological polar surface area (TPSA) is 46.2 Å². The van der Waals surface area contributed by atoms with Crippen LogP contribution in [0.5, 0.6) is 17.2 Å². The van der Waals surface area contributed by atoms with Gasteiger partial charge in [-0.2, -0.15) is 0 Å². The fraction of sp³-hybridized carbons (Fsp3) is 0.619. The highest BCUT2D eigenvalue weighted by molar-refractivity contribution is 6.45. The molecule has 0 atom stereocenters. The van der Waals surface area contributed by atoms with Gasteiger partial charge in [-0.1, -0.05) is 64.8 Å². The van der Waals surface area contributed by atoms with Gasteiger partial charge in [0.15, 0.2) is 17.2 Å². The van der Waals surface area contributed by atoms with Crippen molar-refractivity contribution in [1.29, 1.82) is 0 Å². The molecule has 0 unspecified atom stereocenters. The number of unbranched alkanes of at least 4 members (excludes halogenated alkanes) is 8. The Morgan fingerprint density at radius 2 is 1.25 bits per heavy atom. The molecule has 1 rings (SSSR count). The van der Waals surface area contributed by atoms with E-state index in [1.807, 2.05) is 13.5 Å². The molecule has 0 aliphatic heterocycles. The first-order chi connectivity index (χ1) is 15.6. The van der Waals surface area contributed by atoms with Crippen molar-refractivity contribution in [2.45, 2.75) is 84.6 Å². The Bertz CT molecular complexity index is 723. The molecule has 17 radical (unpaired) electrons. The molecule has 0 aliphatic carbocycles. The fourth-order valence-corrected chi connectivity index (χ4v) is 5.58. The van der Waals surface area contributed by atoms with E-state index < -0.39 is 0 Å². The Labute approximate surface area is 213 Å². The van der Waals surface area contributed by atoms with E-state index in [4.69, 9.17) is 22.1 Å². The van der Waals surface area contributed by atoms with E-state index >= 15 is 0 Å². The summed E-state index contributed by atoms with van der Waals surface area (Å²) in [6, 6.07) is 0. The quantitative estimate of drug-likeness (QED) is 0.173. The molecule has 0 N–H and O–H groups in total. The normalized spacial score (nSPS) is 11.8. The first kappa shape index (κ1) is 29.3. The van der Waals surface area contributed by atoms with Crippen LogP contribution >= 0.6 is 0 Å². The van der Waals surface area contributed by atoms with Crippen LogP contribution in [0, 0.1) is 6.92 Å². The van der Waals surface area contributed by atoms with Crippen molar-refractivity contribution in [1.82, 2.24) is 0 Å². The van der Waals surface area contributed by atoms with Gasteiger partial charge in [0.25, 0.3) is 0 Å². The van der Waals surface area contributed by atoms with Gasteiger partial charge in [0.2, 0.25) is 0 Å². The van der Waals surface area contributed by atoms with Crippen molar-refractivity contribution in [3.05, 3.63) is 22.1 Å². The lowest BCUT2D eigenvalue weighted by Crippen LogP contribution is -2.11. The van der Waals surface area contributed by atoms with E-state index in [0.717, 1.165) is 36.0 Å². The predicted molar refractivity (Wildman–Crippen MR) is 133 cm³/mol. The summed E-state index contributed by atoms with van der Waals surface area (Å²) >= 11 is 0. The second-order valence-electron chi connectivity index (χ2n) is 7.46.